The van der Waals surface area contributed by atoms with Gasteiger partial charge in [-0.25, -0.2) is 0 Å². The fourth-order valence-electron chi connectivity index (χ4n) is 3.67. The molecule has 4 heteroatoms. The molecule has 0 saturated heterocycles. The quantitative estimate of drug-likeness (QED) is 0.433. The number of nitrogens with zero attached hydrogens (tertiary/aromatic N) is 1. The zero-order valence-corrected chi connectivity index (χ0v) is 16.1. The van der Waals surface area contributed by atoms with Gasteiger partial charge < -0.3 is 9.15 Å². The Morgan fingerprint density at radius 2 is 1.27 bits per heavy atom. The van der Waals surface area contributed by atoms with E-state index in [-0.39, 0.29) is 5.91 Å². The molecule has 3 aromatic carbocycles. The fourth-order valence-corrected chi connectivity index (χ4v) is 3.67. The van der Waals surface area contributed by atoms with Gasteiger partial charge in [0, 0.05) is 11.3 Å². The van der Waals surface area contributed by atoms with Gasteiger partial charge in [-0.3, -0.25) is 9.69 Å². The maximum atomic E-state index is 14.0. The zero-order chi connectivity index (χ0) is 20.3. The van der Waals surface area contributed by atoms with Gasteiger partial charge in [-0.15, -0.1) is 0 Å². The molecule has 1 aliphatic rings. The van der Waals surface area contributed by atoms with Crippen LogP contribution in [0.1, 0.15) is 23.1 Å². The standard InChI is InChI=1S/C26H19NO3/c28-25-23(19-11-4-1-5-12-19)24(20-13-6-2-7-14-20)30-26(22-17-10-18-29-22)27(25)21-15-8-3-9-16-21/h1-18,26H. The Bertz CT molecular complexity index is 1170. The van der Waals surface area contributed by atoms with E-state index in [2.05, 4.69) is 0 Å². The number of hydrogen-bond acceptors (Lipinski definition) is 3. The molecule has 4 aromatic rings. The van der Waals surface area contributed by atoms with E-state index >= 15 is 0 Å². The van der Waals surface area contributed by atoms with Crippen LogP contribution in [0, 0.1) is 0 Å². The lowest BCUT2D eigenvalue weighted by atomic mass is 9.97. The number of rotatable bonds is 4. The lowest BCUT2D eigenvalue weighted by Crippen LogP contribution is -2.40. The number of carbonyl (C=O) groups excluding carboxylic acids is 1. The molecule has 0 N–H and O–H groups in total. The first-order chi connectivity index (χ1) is 14.8. The van der Waals surface area contributed by atoms with Gasteiger partial charge in [0.15, 0.2) is 5.76 Å². The van der Waals surface area contributed by atoms with Gasteiger partial charge in [-0.1, -0.05) is 78.9 Å². The SMILES string of the molecule is O=C1C(c2ccccc2)=C(c2ccccc2)OC(c2ccco2)N1c1ccccc1. The Labute approximate surface area is 174 Å². The van der Waals surface area contributed by atoms with Crippen LogP contribution in [-0.4, -0.2) is 5.91 Å². The molecule has 4 nitrogen and oxygen atoms in total. The summed E-state index contributed by atoms with van der Waals surface area (Å²) in [6.45, 7) is 0. The largest absolute Gasteiger partial charge is 0.463 e. The van der Waals surface area contributed by atoms with Gasteiger partial charge in [0.1, 0.15) is 5.76 Å². The monoisotopic (exact) mass is 393 g/mol. The Hall–Kier alpha value is -4.05. The minimum Gasteiger partial charge on any atom is -0.463 e. The number of amides is 1. The lowest BCUT2D eigenvalue weighted by molar-refractivity contribution is -0.116. The third-order valence-corrected chi connectivity index (χ3v) is 5.04. The summed E-state index contributed by atoms with van der Waals surface area (Å²) in [5, 5.41) is 0. The lowest BCUT2D eigenvalue weighted by Gasteiger charge is -2.37. The highest BCUT2D eigenvalue weighted by Gasteiger charge is 2.40. The highest BCUT2D eigenvalue weighted by atomic mass is 16.5. The predicted molar refractivity (Wildman–Crippen MR) is 116 cm³/mol. The Balaban J connectivity index is 1.75. The third-order valence-electron chi connectivity index (χ3n) is 5.04. The van der Waals surface area contributed by atoms with Gasteiger partial charge in [-0.2, -0.15) is 0 Å². The summed E-state index contributed by atoms with van der Waals surface area (Å²) in [5.41, 5.74) is 2.91. The second-order valence-electron chi connectivity index (χ2n) is 6.93. The van der Waals surface area contributed by atoms with Gasteiger partial charge in [0.25, 0.3) is 5.91 Å². The second-order valence-corrected chi connectivity index (χ2v) is 6.93. The molecule has 0 bridgehead atoms. The van der Waals surface area contributed by atoms with Gasteiger partial charge >= 0.3 is 0 Å². The summed E-state index contributed by atoms with van der Waals surface area (Å²) >= 11 is 0. The number of para-hydroxylation sites is 1. The average molecular weight is 393 g/mol. The van der Waals surface area contributed by atoms with Crippen molar-refractivity contribution in [2.24, 2.45) is 0 Å². The van der Waals surface area contributed by atoms with E-state index < -0.39 is 6.23 Å². The van der Waals surface area contributed by atoms with Crippen molar-refractivity contribution in [1.82, 2.24) is 0 Å². The van der Waals surface area contributed by atoms with Crippen LogP contribution in [0.15, 0.2) is 114 Å². The molecule has 146 valence electrons. The molecule has 0 fully saturated rings. The van der Waals surface area contributed by atoms with Crippen LogP contribution in [0.25, 0.3) is 11.3 Å². The molecule has 0 spiro atoms. The van der Waals surface area contributed by atoms with E-state index in [1.165, 1.54) is 0 Å². The molecular formula is C26H19NO3. The average Bonchev–Trinajstić information content (AvgIpc) is 3.35. The number of carbonyl (C=O) groups is 1. The molecule has 0 saturated carbocycles. The molecule has 30 heavy (non-hydrogen) atoms. The molecule has 2 heterocycles. The Kier molecular flexibility index (Phi) is 4.66. The topological polar surface area (TPSA) is 42.7 Å². The van der Waals surface area contributed by atoms with Crippen molar-refractivity contribution in [2.45, 2.75) is 6.23 Å². The number of ether oxygens (including phenoxy) is 1. The molecule has 1 amide bonds. The highest BCUT2D eigenvalue weighted by Crippen LogP contribution is 2.42. The van der Waals surface area contributed by atoms with Crippen molar-refractivity contribution in [3.8, 4) is 0 Å². The van der Waals surface area contributed by atoms with Crippen LogP contribution in [0.3, 0.4) is 0 Å². The smallest absolute Gasteiger partial charge is 0.265 e. The molecule has 0 aliphatic carbocycles. The zero-order valence-electron chi connectivity index (χ0n) is 16.1. The molecule has 1 unspecified atom stereocenters. The second kappa shape index (κ2) is 7.76. The van der Waals surface area contributed by atoms with Crippen molar-refractivity contribution >= 4 is 22.9 Å². The normalized spacial score (nSPS) is 16.5. The van der Waals surface area contributed by atoms with Gasteiger partial charge in [0.05, 0.1) is 11.8 Å². The first-order valence-corrected chi connectivity index (χ1v) is 9.77. The van der Waals surface area contributed by atoms with E-state index in [0.29, 0.717) is 17.1 Å². The Morgan fingerprint density at radius 3 is 1.87 bits per heavy atom. The first-order valence-electron chi connectivity index (χ1n) is 9.77. The molecule has 1 aromatic heterocycles. The maximum absolute atomic E-state index is 14.0. The summed E-state index contributed by atoms with van der Waals surface area (Å²) in [6, 6.07) is 32.5. The molecule has 1 atom stereocenters. The van der Waals surface area contributed by atoms with Gasteiger partial charge in [0.2, 0.25) is 6.23 Å². The summed E-state index contributed by atoms with van der Waals surface area (Å²) < 4.78 is 12.2. The van der Waals surface area contributed by atoms with Crippen LogP contribution in [-0.2, 0) is 9.53 Å². The van der Waals surface area contributed by atoms with Crippen LogP contribution in [0.4, 0.5) is 5.69 Å². The molecule has 0 radical (unpaired) electrons. The Morgan fingerprint density at radius 1 is 0.667 bits per heavy atom. The van der Waals surface area contributed by atoms with Crippen LogP contribution in [0.2, 0.25) is 0 Å². The summed E-state index contributed by atoms with van der Waals surface area (Å²) in [6.07, 6.45) is 0.878. The first kappa shape index (κ1) is 18.0. The van der Waals surface area contributed by atoms with Crippen LogP contribution >= 0.6 is 0 Å². The van der Waals surface area contributed by atoms with Crippen LogP contribution < -0.4 is 4.90 Å². The highest BCUT2D eigenvalue weighted by molar-refractivity contribution is 6.32. The van der Waals surface area contributed by atoms with Gasteiger partial charge in [-0.05, 0) is 29.8 Å². The van der Waals surface area contributed by atoms with E-state index in [9.17, 15) is 4.79 Å². The molecular weight excluding hydrogens is 374 g/mol. The summed E-state index contributed by atoms with van der Waals surface area (Å²) in [4.78, 5) is 15.6. The van der Waals surface area contributed by atoms with Crippen LogP contribution in [0.5, 0.6) is 0 Å². The molecule has 1 aliphatic heterocycles. The summed E-state index contributed by atoms with van der Waals surface area (Å²) in [5.74, 6) is 0.965. The molecule has 5 rings (SSSR count). The van der Waals surface area contributed by atoms with Crippen molar-refractivity contribution in [3.63, 3.8) is 0 Å². The van der Waals surface area contributed by atoms with Crippen molar-refractivity contribution in [1.29, 1.82) is 0 Å². The minimum atomic E-state index is -0.711. The number of furan rings is 1. The van der Waals surface area contributed by atoms with E-state index in [4.69, 9.17) is 9.15 Å². The van der Waals surface area contributed by atoms with Crippen molar-refractivity contribution < 1.29 is 13.9 Å². The fraction of sp³-hybridized carbons (Fsp3) is 0.0385. The number of hydrogen-bond donors (Lipinski definition) is 0. The van der Waals surface area contributed by atoms with Crippen molar-refractivity contribution in [2.75, 3.05) is 4.90 Å². The van der Waals surface area contributed by atoms with E-state index in [1.807, 2.05) is 97.1 Å². The maximum Gasteiger partial charge on any atom is 0.265 e. The van der Waals surface area contributed by atoms with E-state index in [0.717, 1.165) is 16.8 Å². The van der Waals surface area contributed by atoms with Crippen molar-refractivity contribution in [3.05, 3.63) is 126 Å². The number of anilines is 1. The predicted octanol–water partition coefficient (Wildman–Crippen LogP) is 5.91. The third kappa shape index (κ3) is 3.18. The summed E-state index contributed by atoms with van der Waals surface area (Å²) in [7, 11) is 0. The van der Waals surface area contributed by atoms with E-state index in [1.54, 1.807) is 17.2 Å². The minimum absolute atomic E-state index is 0.140. The number of benzene rings is 3.